The first kappa shape index (κ1) is 19.1. The van der Waals surface area contributed by atoms with Gasteiger partial charge in [-0.1, -0.05) is 23.2 Å². The lowest BCUT2D eigenvalue weighted by Gasteiger charge is -2.11. The molecule has 0 fully saturated rings. The lowest BCUT2D eigenvalue weighted by Crippen LogP contribution is -2.05. The number of unbranched alkanes of at least 4 members (excludes halogenated alkanes) is 1. The molecule has 3 N–H and O–H groups in total. The van der Waals surface area contributed by atoms with E-state index < -0.39 is 11.7 Å². The van der Waals surface area contributed by atoms with E-state index in [9.17, 15) is 13.2 Å². The van der Waals surface area contributed by atoms with Gasteiger partial charge in [-0.05, 0) is 67.8 Å². The summed E-state index contributed by atoms with van der Waals surface area (Å²) in [5.74, 6) is 0. The molecule has 0 bridgehead atoms. The normalized spacial score (nSPS) is 12.1. The van der Waals surface area contributed by atoms with Crippen molar-refractivity contribution in [2.75, 3.05) is 6.54 Å². The summed E-state index contributed by atoms with van der Waals surface area (Å²) in [5, 5.41) is 1.71. The second-order valence-corrected chi connectivity index (χ2v) is 6.95. The van der Waals surface area contributed by atoms with E-state index in [1.807, 2.05) is 12.1 Å². The van der Waals surface area contributed by atoms with Gasteiger partial charge in [-0.15, -0.1) is 0 Å². The van der Waals surface area contributed by atoms with Crippen molar-refractivity contribution >= 4 is 34.1 Å². The number of H-pyrrole nitrogens is 1. The smallest absolute Gasteiger partial charge is 0.354 e. The number of nitrogens with one attached hydrogen (secondary N) is 1. The maximum absolute atomic E-state index is 13.1. The van der Waals surface area contributed by atoms with E-state index in [0.29, 0.717) is 29.2 Å². The highest BCUT2D eigenvalue weighted by atomic mass is 35.5. The number of alkyl halides is 3. The van der Waals surface area contributed by atoms with Crippen molar-refractivity contribution in [2.24, 2.45) is 5.73 Å². The number of aryl methyl sites for hydroxylation is 1. The molecule has 0 unspecified atom stereocenters. The highest BCUT2D eigenvalue weighted by Crippen LogP contribution is 2.39. The zero-order valence-electron chi connectivity index (χ0n) is 13.8. The van der Waals surface area contributed by atoms with Crippen LogP contribution < -0.4 is 5.73 Å². The standard InChI is InChI=1S/C19H17Cl2F3N2/c20-12-5-7-17-14(10-12)13(3-1-2-8-25)18(26-17)15-9-11(19(22,23)24)4-6-16(15)21/h4-7,9-10,26H,1-3,8,25H2. The molecule has 1 aromatic heterocycles. The van der Waals surface area contributed by atoms with E-state index in [4.69, 9.17) is 28.9 Å². The van der Waals surface area contributed by atoms with Crippen LogP contribution in [0.5, 0.6) is 0 Å². The predicted octanol–water partition coefficient (Wildman–Crippen LogP) is 6.44. The van der Waals surface area contributed by atoms with Gasteiger partial charge in [0.25, 0.3) is 0 Å². The SMILES string of the molecule is NCCCCc1c(-c2cc(C(F)(F)F)ccc2Cl)[nH]c2ccc(Cl)cc12. The number of halogens is 5. The van der Waals surface area contributed by atoms with Crippen LogP contribution in [0.1, 0.15) is 24.0 Å². The van der Waals surface area contributed by atoms with Crippen molar-refractivity contribution < 1.29 is 13.2 Å². The van der Waals surface area contributed by atoms with Gasteiger partial charge in [0.15, 0.2) is 0 Å². The molecule has 1 heterocycles. The third-order valence-corrected chi connectivity index (χ3v) is 4.88. The lowest BCUT2D eigenvalue weighted by atomic mass is 9.99. The van der Waals surface area contributed by atoms with Crippen molar-refractivity contribution in [1.29, 1.82) is 0 Å². The predicted molar refractivity (Wildman–Crippen MR) is 101 cm³/mol. The third-order valence-electron chi connectivity index (χ3n) is 4.31. The van der Waals surface area contributed by atoms with E-state index in [2.05, 4.69) is 4.98 Å². The molecule has 2 nitrogen and oxygen atoms in total. The van der Waals surface area contributed by atoms with E-state index >= 15 is 0 Å². The first-order valence-electron chi connectivity index (χ1n) is 8.18. The van der Waals surface area contributed by atoms with E-state index in [0.717, 1.165) is 41.4 Å². The van der Waals surface area contributed by atoms with E-state index in [1.165, 1.54) is 6.07 Å². The summed E-state index contributed by atoms with van der Waals surface area (Å²) in [4.78, 5) is 3.21. The summed E-state index contributed by atoms with van der Waals surface area (Å²) < 4.78 is 39.4. The molecule has 3 aromatic rings. The largest absolute Gasteiger partial charge is 0.416 e. The Balaban J connectivity index is 2.19. The van der Waals surface area contributed by atoms with Crippen LogP contribution in [0.15, 0.2) is 36.4 Å². The highest BCUT2D eigenvalue weighted by Gasteiger charge is 2.31. The van der Waals surface area contributed by atoms with Gasteiger partial charge in [0.2, 0.25) is 0 Å². The van der Waals surface area contributed by atoms with Crippen LogP contribution in [0.25, 0.3) is 22.2 Å². The summed E-state index contributed by atoms with van der Waals surface area (Å²) in [6.45, 7) is 0.558. The molecule has 0 saturated carbocycles. The van der Waals surface area contributed by atoms with Crippen LogP contribution >= 0.6 is 23.2 Å². The Hall–Kier alpha value is -1.69. The summed E-state index contributed by atoms with van der Waals surface area (Å²) >= 11 is 12.4. The van der Waals surface area contributed by atoms with Gasteiger partial charge >= 0.3 is 6.18 Å². The monoisotopic (exact) mass is 400 g/mol. The van der Waals surface area contributed by atoms with Gasteiger partial charge in [0.05, 0.1) is 11.3 Å². The zero-order valence-corrected chi connectivity index (χ0v) is 15.3. The Morgan fingerprint density at radius 3 is 2.46 bits per heavy atom. The van der Waals surface area contributed by atoms with Crippen LogP contribution in [0.4, 0.5) is 13.2 Å². The number of aromatic nitrogens is 1. The molecule has 0 amide bonds. The van der Waals surface area contributed by atoms with Crippen molar-refractivity contribution in [3.8, 4) is 11.3 Å². The molecule has 0 spiro atoms. The first-order valence-corrected chi connectivity index (χ1v) is 8.94. The van der Waals surface area contributed by atoms with Crippen LogP contribution in [-0.4, -0.2) is 11.5 Å². The van der Waals surface area contributed by atoms with Crippen molar-refractivity contribution in [2.45, 2.75) is 25.4 Å². The Labute approximate surface area is 159 Å². The minimum Gasteiger partial charge on any atom is -0.354 e. The summed E-state index contributed by atoms with van der Waals surface area (Å²) in [6, 6.07) is 8.72. The van der Waals surface area contributed by atoms with Crippen LogP contribution in [0.2, 0.25) is 10.0 Å². The highest BCUT2D eigenvalue weighted by molar-refractivity contribution is 6.33. The van der Waals surface area contributed by atoms with Crippen molar-refractivity contribution in [3.63, 3.8) is 0 Å². The quantitative estimate of drug-likeness (QED) is 0.475. The van der Waals surface area contributed by atoms with E-state index in [1.54, 1.807) is 6.07 Å². The topological polar surface area (TPSA) is 41.8 Å². The molecule has 138 valence electrons. The molecule has 0 aliphatic carbocycles. The lowest BCUT2D eigenvalue weighted by molar-refractivity contribution is -0.137. The number of rotatable bonds is 5. The molecule has 2 aromatic carbocycles. The average molecular weight is 401 g/mol. The second-order valence-electron chi connectivity index (χ2n) is 6.11. The second kappa shape index (κ2) is 7.51. The molecule has 3 rings (SSSR count). The van der Waals surface area contributed by atoms with E-state index in [-0.39, 0.29) is 5.02 Å². The molecular weight excluding hydrogens is 384 g/mol. The summed E-state index contributed by atoms with van der Waals surface area (Å²) in [6.07, 6.45) is -2.13. The fourth-order valence-corrected chi connectivity index (χ4v) is 3.43. The minimum absolute atomic E-state index is 0.260. The molecular formula is C19H17Cl2F3N2. The molecule has 7 heteroatoms. The number of fused-ring (bicyclic) bond motifs is 1. The molecule has 0 radical (unpaired) electrons. The van der Waals surface area contributed by atoms with Gasteiger partial charge in [-0.3, -0.25) is 0 Å². The number of aromatic amines is 1. The van der Waals surface area contributed by atoms with Crippen molar-refractivity contribution in [3.05, 3.63) is 57.6 Å². The van der Waals surface area contributed by atoms with Crippen LogP contribution in [-0.2, 0) is 12.6 Å². The molecule has 0 atom stereocenters. The van der Waals surface area contributed by atoms with Gasteiger partial charge in [0.1, 0.15) is 0 Å². The maximum atomic E-state index is 13.1. The van der Waals surface area contributed by atoms with Crippen LogP contribution in [0.3, 0.4) is 0 Å². The van der Waals surface area contributed by atoms with Crippen LogP contribution in [0, 0.1) is 0 Å². The molecule has 26 heavy (non-hydrogen) atoms. The third kappa shape index (κ3) is 3.85. The first-order chi connectivity index (χ1) is 12.3. The fraction of sp³-hybridized carbons (Fsp3) is 0.263. The Morgan fingerprint density at radius 2 is 1.77 bits per heavy atom. The average Bonchev–Trinajstić information content (AvgIpc) is 2.92. The number of hydrogen-bond acceptors (Lipinski definition) is 1. The molecule has 0 aliphatic rings. The van der Waals surface area contributed by atoms with Crippen molar-refractivity contribution in [1.82, 2.24) is 4.98 Å². The summed E-state index contributed by atoms with van der Waals surface area (Å²) in [5.41, 5.74) is 7.47. The molecule has 0 aliphatic heterocycles. The van der Waals surface area contributed by atoms with Gasteiger partial charge < -0.3 is 10.7 Å². The zero-order chi connectivity index (χ0) is 18.9. The Bertz CT molecular complexity index is 932. The minimum atomic E-state index is -4.44. The van der Waals surface area contributed by atoms with Gasteiger partial charge in [0, 0.05) is 26.5 Å². The number of hydrogen-bond donors (Lipinski definition) is 2. The Kier molecular flexibility index (Phi) is 5.51. The van der Waals surface area contributed by atoms with Gasteiger partial charge in [-0.25, -0.2) is 0 Å². The fourth-order valence-electron chi connectivity index (χ4n) is 3.05. The number of nitrogens with two attached hydrogens (primary N) is 1. The molecule has 0 saturated heterocycles. The number of benzene rings is 2. The Morgan fingerprint density at radius 1 is 1.00 bits per heavy atom. The summed E-state index contributed by atoms with van der Waals surface area (Å²) in [7, 11) is 0. The van der Waals surface area contributed by atoms with Gasteiger partial charge in [-0.2, -0.15) is 13.2 Å². The maximum Gasteiger partial charge on any atom is 0.416 e.